The van der Waals surface area contributed by atoms with Gasteiger partial charge in [-0.25, -0.2) is 0 Å². The topological polar surface area (TPSA) is 36.9 Å². The third-order valence-corrected chi connectivity index (χ3v) is 1.16. The summed E-state index contributed by atoms with van der Waals surface area (Å²) in [5.74, 6) is 0.922. The van der Waals surface area contributed by atoms with E-state index >= 15 is 0 Å². The highest BCUT2D eigenvalue weighted by atomic mass is 16.5. The van der Waals surface area contributed by atoms with Crippen LogP contribution in [0.15, 0.2) is 30.3 Å². The monoisotopic (exact) mass is 138 g/mol. The van der Waals surface area contributed by atoms with Crippen molar-refractivity contribution in [3.8, 4) is 5.75 Å². The van der Waals surface area contributed by atoms with E-state index in [1.165, 1.54) is 0 Å². The normalized spacial score (nSPS) is 9.30. The van der Waals surface area contributed by atoms with Gasteiger partial charge in [0.15, 0.2) is 0 Å². The van der Waals surface area contributed by atoms with Gasteiger partial charge in [-0.2, -0.15) is 0 Å². The molecule has 0 fully saturated rings. The van der Waals surface area contributed by atoms with E-state index in [0.29, 0.717) is 6.61 Å². The first-order valence-corrected chi connectivity index (χ1v) is 3.40. The number of hydrogen-bond donors (Lipinski definition) is 1. The van der Waals surface area contributed by atoms with Crippen LogP contribution in [0, 0.1) is 0 Å². The fraction of sp³-hybridized carbons (Fsp3) is 0.250. The molecule has 0 unspecified atom stereocenters. The van der Waals surface area contributed by atoms with Crippen LogP contribution < -0.4 is 10.5 Å². The summed E-state index contributed by atoms with van der Waals surface area (Å²) in [7, 11) is 0. The smallest absolute Gasteiger partial charge is 0.137 e. The minimum absolute atomic E-state index is 0.698. The lowest BCUT2D eigenvalue weighted by Crippen LogP contribution is -2.52. The summed E-state index contributed by atoms with van der Waals surface area (Å²) in [6.45, 7) is 1.51. The van der Waals surface area contributed by atoms with Gasteiger partial charge in [0.05, 0.1) is 0 Å². The molecule has 10 heavy (non-hydrogen) atoms. The second-order valence-corrected chi connectivity index (χ2v) is 2.02. The molecule has 0 heterocycles. The van der Waals surface area contributed by atoms with Gasteiger partial charge in [-0.05, 0) is 12.1 Å². The van der Waals surface area contributed by atoms with Crippen LogP contribution in [0.25, 0.3) is 0 Å². The van der Waals surface area contributed by atoms with E-state index in [4.69, 9.17) is 4.74 Å². The molecule has 0 saturated heterocycles. The number of para-hydroxylation sites is 1. The van der Waals surface area contributed by atoms with Crippen molar-refractivity contribution in [3.05, 3.63) is 30.3 Å². The molecule has 54 valence electrons. The zero-order valence-corrected chi connectivity index (χ0v) is 5.92. The standard InChI is InChI=1S/C8H11NO/c9-6-7-10-8-4-2-1-3-5-8/h1-5H,6-7,9H2/p+1. The Hall–Kier alpha value is -1.02. The molecule has 0 aliphatic carbocycles. The minimum Gasteiger partial charge on any atom is -0.488 e. The van der Waals surface area contributed by atoms with Crippen LogP contribution in [0.3, 0.4) is 0 Å². The van der Waals surface area contributed by atoms with Crippen LogP contribution in [0.5, 0.6) is 5.75 Å². The largest absolute Gasteiger partial charge is 0.488 e. The van der Waals surface area contributed by atoms with E-state index in [0.717, 1.165) is 12.3 Å². The molecule has 1 rings (SSSR count). The quantitative estimate of drug-likeness (QED) is 0.641. The molecule has 0 bridgehead atoms. The Morgan fingerprint density at radius 2 is 1.90 bits per heavy atom. The summed E-state index contributed by atoms with van der Waals surface area (Å²) in [6.07, 6.45) is 0. The summed E-state index contributed by atoms with van der Waals surface area (Å²) >= 11 is 0. The first-order chi connectivity index (χ1) is 4.93. The molecular weight excluding hydrogens is 126 g/mol. The average molecular weight is 138 g/mol. The number of quaternary nitrogens is 1. The minimum atomic E-state index is 0.698. The Morgan fingerprint density at radius 3 is 2.50 bits per heavy atom. The maximum absolute atomic E-state index is 5.29. The van der Waals surface area contributed by atoms with Crippen molar-refractivity contribution in [1.82, 2.24) is 0 Å². The fourth-order valence-electron chi connectivity index (χ4n) is 0.707. The van der Waals surface area contributed by atoms with Crippen molar-refractivity contribution in [1.29, 1.82) is 0 Å². The van der Waals surface area contributed by atoms with Gasteiger partial charge in [0.25, 0.3) is 0 Å². The third kappa shape index (κ3) is 2.07. The molecule has 2 nitrogen and oxygen atoms in total. The lowest BCUT2D eigenvalue weighted by Gasteiger charge is -2.00. The number of ether oxygens (including phenoxy) is 1. The maximum Gasteiger partial charge on any atom is 0.137 e. The zero-order chi connectivity index (χ0) is 7.23. The summed E-state index contributed by atoms with van der Waals surface area (Å²) in [5, 5.41) is 0. The third-order valence-electron chi connectivity index (χ3n) is 1.16. The number of hydrogen-bond acceptors (Lipinski definition) is 1. The Bertz CT molecular complexity index is 174. The van der Waals surface area contributed by atoms with Gasteiger partial charge in [0.1, 0.15) is 18.9 Å². The molecule has 1 aromatic rings. The Balaban J connectivity index is 2.43. The summed E-state index contributed by atoms with van der Waals surface area (Å²) in [6, 6.07) is 9.76. The van der Waals surface area contributed by atoms with Crippen molar-refractivity contribution in [3.63, 3.8) is 0 Å². The van der Waals surface area contributed by atoms with Gasteiger partial charge in [-0.15, -0.1) is 0 Å². The molecule has 0 radical (unpaired) electrons. The lowest BCUT2D eigenvalue weighted by atomic mass is 10.3. The van der Waals surface area contributed by atoms with Crippen LogP contribution in [-0.4, -0.2) is 13.2 Å². The van der Waals surface area contributed by atoms with Crippen LogP contribution in [0.4, 0.5) is 0 Å². The number of rotatable bonds is 3. The molecule has 0 atom stereocenters. The van der Waals surface area contributed by atoms with Gasteiger partial charge in [-0.3, -0.25) is 0 Å². The van der Waals surface area contributed by atoms with E-state index in [1.54, 1.807) is 0 Å². The van der Waals surface area contributed by atoms with Crippen molar-refractivity contribution >= 4 is 0 Å². The van der Waals surface area contributed by atoms with E-state index < -0.39 is 0 Å². The highest BCUT2D eigenvalue weighted by molar-refractivity contribution is 5.20. The van der Waals surface area contributed by atoms with Crippen LogP contribution in [0.2, 0.25) is 0 Å². The molecule has 0 spiro atoms. The molecule has 0 aliphatic heterocycles. The highest BCUT2D eigenvalue weighted by Gasteiger charge is 1.87. The molecule has 1 aromatic carbocycles. The lowest BCUT2D eigenvalue weighted by molar-refractivity contribution is -0.370. The molecule has 0 aromatic heterocycles. The molecule has 0 amide bonds. The van der Waals surface area contributed by atoms with Gasteiger partial charge >= 0.3 is 0 Å². The predicted molar refractivity (Wildman–Crippen MR) is 39.7 cm³/mol. The second-order valence-electron chi connectivity index (χ2n) is 2.02. The van der Waals surface area contributed by atoms with E-state index in [-0.39, 0.29) is 0 Å². The van der Waals surface area contributed by atoms with Crippen molar-refractivity contribution in [2.24, 2.45) is 0 Å². The summed E-state index contributed by atoms with van der Waals surface area (Å²) in [4.78, 5) is 0. The highest BCUT2D eigenvalue weighted by Crippen LogP contribution is 2.06. The van der Waals surface area contributed by atoms with E-state index in [2.05, 4.69) is 5.73 Å². The Morgan fingerprint density at radius 1 is 1.20 bits per heavy atom. The molecular formula is C8H12NO+. The average Bonchev–Trinajstić information content (AvgIpc) is 2.03. The van der Waals surface area contributed by atoms with Crippen LogP contribution in [-0.2, 0) is 0 Å². The Labute approximate surface area is 60.6 Å². The molecule has 0 saturated carbocycles. The van der Waals surface area contributed by atoms with E-state index in [9.17, 15) is 0 Å². The molecule has 3 N–H and O–H groups in total. The summed E-state index contributed by atoms with van der Waals surface area (Å²) in [5.41, 5.74) is 3.68. The fourth-order valence-corrected chi connectivity index (χ4v) is 0.707. The number of benzene rings is 1. The predicted octanol–water partition coefficient (Wildman–Crippen LogP) is 0.307. The summed E-state index contributed by atoms with van der Waals surface area (Å²) < 4.78 is 5.29. The Kier molecular flexibility index (Phi) is 2.77. The zero-order valence-electron chi connectivity index (χ0n) is 5.92. The maximum atomic E-state index is 5.29. The molecule has 0 aliphatic rings. The molecule has 2 heteroatoms. The van der Waals surface area contributed by atoms with Gasteiger partial charge in [-0.1, -0.05) is 18.2 Å². The van der Waals surface area contributed by atoms with Gasteiger partial charge < -0.3 is 10.5 Å². The van der Waals surface area contributed by atoms with Crippen molar-refractivity contribution in [2.45, 2.75) is 0 Å². The first-order valence-electron chi connectivity index (χ1n) is 3.40. The second kappa shape index (κ2) is 3.90. The first kappa shape index (κ1) is 7.09. The van der Waals surface area contributed by atoms with Crippen LogP contribution in [0.1, 0.15) is 0 Å². The van der Waals surface area contributed by atoms with Crippen LogP contribution >= 0.6 is 0 Å². The van der Waals surface area contributed by atoms with Crippen molar-refractivity contribution in [2.75, 3.05) is 13.2 Å². The van der Waals surface area contributed by atoms with Gasteiger partial charge in [0, 0.05) is 0 Å². The SMILES string of the molecule is [NH3+]CCOc1ccccc1. The van der Waals surface area contributed by atoms with E-state index in [1.807, 2.05) is 30.3 Å². The van der Waals surface area contributed by atoms with Crippen molar-refractivity contribution < 1.29 is 10.5 Å². The van der Waals surface area contributed by atoms with Gasteiger partial charge in [0.2, 0.25) is 0 Å².